The van der Waals surface area contributed by atoms with Crippen LogP contribution in [0.3, 0.4) is 0 Å². The van der Waals surface area contributed by atoms with Crippen LogP contribution in [-0.2, 0) is 6.42 Å². The van der Waals surface area contributed by atoms with Gasteiger partial charge in [-0.25, -0.2) is 9.48 Å². The maximum Gasteiger partial charge on any atom is 0.324 e. The molecule has 2 amide bonds. The molecule has 7 heteroatoms. The number of amides is 2. The molecule has 1 aromatic carbocycles. The standard InChI is InChI=1S/C19H22N4O2S/c1-3-4-6-14-11-18(21-19(24)20-15-9-10-26-13-15)23(22-14)16-7-5-8-17(12-16)25-2/h5,7-13H,3-4,6H2,1-2H3,(H2,20,21,24). The highest BCUT2D eigenvalue weighted by Crippen LogP contribution is 2.22. The van der Waals surface area contributed by atoms with E-state index in [-0.39, 0.29) is 6.03 Å². The summed E-state index contributed by atoms with van der Waals surface area (Å²) in [5.74, 6) is 1.36. The van der Waals surface area contributed by atoms with E-state index in [2.05, 4.69) is 22.7 Å². The normalized spacial score (nSPS) is 10.5. The number of aryl methyl sites for hydroxylation is 1. The third kappa shape index (κ3) is 4.43. The molecule has 136 valence electrons. The lowest BCUT2D eigenvalue weighted by Crippen LogP contribution is -2.21. The number of unbranched alkanes of at least 4 members (excludes halogenated alkanes) is 1. The Morgan fingerprint density at radius 1 is 1.27 bits per heavy atom. The minimum absolute atomic E-state index is 0.297. The van der Waals surface area contributed by atoms with E-state index in [1.807, 2.05) is 47.2 Å². The highest BCUT2D eigenvalue weighted by atomic mass is 32.1. The van der Waals surface area contributed by atoms with Crippen LogP contribution in [0.2, 0.25) is 0 Å². The molecule has 0 saturated heterocycles. The van der Waals surface area contributed by atoms with Crippen molar-refractivity contribution in [1.82, 2.24) is 9.78 Å². The number of nitrogens with one attached hydrogen (secondary N) is 2. The van der Waals surface area contributed by atoms with Crippen molar-refractivity contribution in [3.05, 3.63) is 52.9 Å². The van der Waals surface area contributed by atoms with Gasteiger partial charge in [-0.3, -0.25) is 5.32 Å². The first-order chi connectivity index (χ1) is 12.7. The zero-order valence-electron chi connectivity index (χ0n) is 14.9. The van der Waals surface area contributed by atoms with E-state index in [1.165, 1.54) is 11.3 Å². The van der Waals surface area contributed by atoms with E-state index in [9.17, 15) is 4.79 Å². The molecule has 6 nitrogen and oxygen atoms in total. The highest BCUT2D eigenvalue weighted by molar-refractivity contribution is 7.08. The minimum Gasteiger partial charge on any atom is -0.497 e. The van der Waals surface area contributed by atoms with Gasteiger partial charge in [-0.15, -0.1) is 0 Å². The van der Waals surface area contributed by atoms with Crippen LogP contribution in [0.5, 0.6) is 5.75 Å². The molecule has 0 aliphatic heterocycles. The number of ether oxygens (including phenoxy) is 1. The molecule has 0 aliphatic rings. The van der Waals surface area contributed by atoms with Crippen LogP contribution in [-0.4, -0.2) is 22.9 Å². The van der Waals surface area contributed by atoms with Gasteiger partial charge in [-0.05, 0) is 36.4 Å². The van der Waals surface area contributed by atoms with Gasteiger partial charge >= 0.3 is 6.03 Å². The van der Waals surface area contributed by atoms with Gasteiger partial charge < -0.3 is 10.1 Å². The molecule has 2 heterocycles. The summed E-state index contributed by atoms with van der Waals surface area (Å²) >= 11 is 1.53. The number of rotatable bonds is 7. The second-order valence-corrected chi connectivity index (χ2v) is 6.61. The molecule has 0 spiro atoms. The van der Waals surface area contributed by atoms with Gasteiger partial charge in [0.15, 0.2) is 0 Å². The summed E-state index contributed by atoms with van der Waals surface area (Å²) in [6, 6.07) is 11.1. The fraction of sp³-hybridized carbons (Fsp3) is 0.263. The van der Waals surface area contributed by atoms with Crippen molar-refractivity contribution < 1.29 is 9.53 Å². The number of aromatic nitrogens is 2. The van der Waals surface area contributed by atoms with Crippen LogP contribution in [0.15, 0.2) is 47.2 Å². The lowest BCUT2D eigenvalue weighted by molar-refractivity contribution is 0.262. The van der Waals surface area contributed by atoms with Gasteiger partial charge in [0.2, 0.25) is 0 Å². The maximum absolute atomic E-state index is 12.3. The number of urea groups is 1. The van der Waals surface area contributed by atoms with E-state index < -0.39 is 0 Å². The molecule has 0 radical (unpaired) electrons. The lowest BCUT2D eigenvalue weighted by atomic mass is 10.2. The van der Waals surface area contributed by atoms with E-state index in [0.29, 0.717) is 5.82 Å². The molecule has 26 heavy (non-hydrogen) atoms. The Morgan fingerprint density at radius 2 is 2.15 bits per heavy atom. The summed E-state index contributed by atoms with van der Waals surface area (Å²) in [4.78, 5) is 12.3. The average Bonchev–Trinajstić information content (AvgIpc) is 3.30. The number of carbonyl (C=O) groups is 1. The molecule has 0 unspecified atom stereocenters. The van der Waals surface area contributed by atoms with Gasteiger partial charge in [-0.2, -0.15) is 16.4 Å². The number of anilines is 2. The summed E-state index contributed by atoms with van der Waals surface area (Å²) in [6.07, 6.45) is 3.01. The number of thiophene rings is 1. The summed E-state index contributed by atoms with van der Waals surface area (Å²) in [5, 5.41) is 14.2. The van der Waals surface area contributed by atoms with Crippen LogP contribution in [0, 0.1) is 0 Å². The lowest BCUT2D eigenvalue weighted by Gasteiger charge is -2.10. The fourth-order valence-electron chi connectivity index (χ4n) is 2.55. The average molecular weight is 370 g/mol. The van der Waals surface area contributed by atoms with E-state index in [4.69, 9.17) is 4.74 Å². The van der Waals surface area contributed by atoms with Gasteiger partial charge in [0.1, 0.15) is 11.6 Å². The SMILES string of the molecule is CCCCc1cc(NC(=O)Nc2ccsc2)n(-c2cccc(OC)c2)n1. The molecule has 3 rings (SSSR count). The molecule has 0 bridgehead atoms. The summed E-state index contributed by atoms with van der Waals surface area (Å²) in [6.45, 7) is 2.15. The summed E-state index contributed by atoms with van der Waals surface area (Å²) < 4.78 is 7.04. The Morgan fingerprint density at radius 3 is 2.88 bits per heavy atom. The first-order valence-electron chi connectivity index (χ1n) is 8.53. The predicted octanol–water partition coefficient (Wildman–Crippen LogP) is 4.93. The highest BCUT2D eigenvalue weighted by Gasteiger charge is 2.13. The predicted molar refractivity (Wildman–Crippen MR) is 106 cm³/mol. The number of benzene rings is 1. The topological polar surface area (TPSA) is 68.2 Å². The molecular weight excluding hydrogens is 348 g/mol. The van der Waals surface area contributed by atoms with Crippen LogP contribution in [0.1, 0.15) is 25.5 Å². The molecule has 0 aliphatic carbocycles. The van der Waals surface area contributed by atoms with Gasteiger partial charge in [0.05, 0.1) is 24.2 Å². The van der Waals surface area contributed by atoms with Crippen molar-refractivity contribution in [2.24, 2.45) is 0 Å². The van der Waals surface area contributed by atoms with E-state index in [0.717, 1.165) is 42.1 Å². The van der Waals surface area contributed by atoms with Crippen LogP contribution < -0.4 is 15.4 Å². The third-order valence-corrected chi connectivity index (χ3v) is 4.55. The minimum atomic E-state index is -0.297. The van der Waals surface area contributed by atoms with Crippen molar-refractivity contribution in [3.8, 4) is 11.4 Å². The Hall–Kier alpha value is -2.80. The number of methoxy groups -OCH3 is 1. The maximum atomic E-state index is 12.3. The molecular formula is C19H22N4O2S. The summed E-state index contributed by atoms with van der Waals surface area (Å²) in [5.41, 5.74) is 2.55. The van der Waals surface area contributed by atoms with Gasteiger partial charge in [0.25, 0.3) is 0 Å². The van der Waals surface area contributed by atoms with Crippen LogP contribution >= 0.6 is 11.3 Å². The van der Waals surface area contributed by atoms with Gasteiger partial charge in [0, 0.05) is 17.5 Å². The van der Waals surface area contributed by atoms with E-state index >= 15 is 0 Å². The number of nitrogens with zero attached hydrogens (tertiary/aromatic N) is 2. The third-order valence-electron chi connectivity index (χ3n) is 3.86. The van der Waals surface area contributed by atoms with E-state index in [1.54, 1.807) is 11.8 Å². The Labute approximate surface area is 156 Å². The van der Waals surface area contributed by atoms with Crippen molar-refractivity contribution in [1.29, 1.82) is 0 Å². The second kappa shape index (κ2) is 8.53. The molecule has 2 N–H and O–H groups in total. The van der Waals surface area contributed by atoms with Crippen LogP contribution in [0.4, 0.5) is 16.3 Å². The zero-order valence-corrected chi connectivity index (χ0v) is 15.7. The molecule has 0 fully saturated rings. The fourth-order valence-corrected chi connectivity index (χ4v) is 3.14. The van der Waals surface area contributed by atoms with Crippen molar-refractivity contribution in [3.63, 3.8) is 0 Å². The number of hydrogen-bond acceptors (Lipinski definition) is 4. The molecule has 0 atom stereocenters. The summed E-state index contributed by atoms with van der Waals surface area (Å²) in [7, 11) is 1.63. The van der Waals surface area contributed by atoms with Crippen molar-refractivity contribution in [2.45, 2.75) is 26.2 Å². The quantitative estimate of drug-likeness (QED) is 0.620. The van der Waals surface area contributed by atoms with Crippen molar-refractivity contribution in [2.75, 3.05) is 17.7 Å². The first kappa shape index (κ1) is 18.0. The first-order valence-corrected chi connectivity index (χ1v) is 9.47. The Bertz CT molecular complexity index is 858. The monoisotopic (exact) mass is 370 g/mol. The zero-order chi connectivity index (χ0) is 18.4. The number of hydrogen-bond donors (Lipinski definition) is 2. The Kier molecular flexibility index (Phi) is 5.91. The molecule has 2 aromatic heterocycles. The smallest absolute Gasteiger partial charge is 0.324 e. The molecule has 3 aromatic rings. The molecule has 0 saturated carbocycles. The van der Waals surface area contributed by atoms with Crippen molar-refractivity contribution >= 4 is 28.9 Å². The number of carbonyl (C=O) groups excluding carboxylic acids is 1. The Balaban J connectivity index is 1.86. The van der Waals surface area contributed by atoms with Crippen LogP contribution in [0.25, 0.3) is 5.69 Å². The van der Waals surface area contributed by atoms with Gasteiger partial charge in [-0.1, -0.05) is 19.4 Å². The second-order valence-electron chi connectivity index (χ2n) is 5.83. The largest absolute Gasteiger partial charge is 0.497 e.